The van der Waals surface area contributed by atoms with Gasteiger partial charge in [0.05, 0.1) is 12.1 Å². The molecule has 2 amide bonds. The number of aromatic nitrogens is 1. The SMILES string of the molecule is CCc1ccc(-c2cc(C(=O)N[C@@H]3[C@@H]4CC[C@H]3N(C(=O)/C=C/SC)C4)no2)cc1. The molecule has 1 N–H and O–H groups in total. The van der Waals surface area contributed by atoms with E-state index in [9.17, 15) is 9.59 Å². The van der Waals surface area contributed by atoms with Gasteiger partial charge in [-0.1, -0.05) is 36.3 Å². The van der Waals surface area contributed by atoms with E-state index < -0.39 is 0 Å². The maximum absolute atomic E-state index is 12.8. The average Bonchev–Trinajstić information content (AvgIpc) is 3.47. The summed E-state index contributed by atoms with van der Waals surface area (Å²) in [5.41, 5.74) is 2.41. The van der Waals surface area contributed by atoms with Crippen LogP contribution in [0.25, 0.3) is 11.3 Å². The van der Waals surface area contributed by atoms with E-state index in [1.807, 2.05) is 35.4 Å². The minimum atomic E-state index is -0.249. The van der Waals surface area contributed by atoms with Gasteiger partial charge in [-0.15, -0.1) is 11.8 Å². The van der Waals surface area contributed by atoms with Gasteiger partial charge in [0.15, 0.2) is 11.5 Å². The molecule has 0 spiro atoms. The third-order valence-electron chi connectivity index (χ3n) is 5.90. The number of hydrogen-bond acceptors (Lipinski definition) is 5. The number of nitrogens with zero attached hydrogens (tertiary/aromatic N) is 2. The maximum atomic E-state index is 12.8. The van der Waals surface area contributed by atoms with Crippen molar-refractivity contribution in [2.45, 2.75) is 38.3 Å². The van der Waals surface area contributed by atoms with Crippen LogP contribution >= 0.6 is 11.8 Å². The van der Waals surface area contributed by atoms with Crippen molar-refractivity contribution in [1.82, 2.24) is 15.4 Å². The fraction of sp³-hybridized carbons (Fsp3) is 0.409. The van der Waals surface area contributed by atoms with Gasteiger partial charge in [-0.25, -0.2) is 0 Å². The molecule has 29 heavy (non-hydrogen) atoms. The Hall–Kier alpha value is -2.54. The van der Waals surface area contributed by atoms with Gasteiger partial charge in [0.2, 0.25) is 5.91 Å². The molecular weight excluding hydrogens is 386 g/mol. The van der Waals surface area contributed by atoms with Crippen molar-refractivity contribution < 1.29 is 14.1 Å². The number of carbonyl (C=O) groups is 2. The smallest absolute Gasteiger partial charge is 0.273 e. The largest absolute Gasteiger partial charge is 0.355 e. The number of carbonyl (C=O) groups excluding carboxylic acids is 2. The second-order valence-electron chi connectivity index (χ2n) is 7.56. The summed E-state index contributed by atoms with van der Waals surface area (Å²) in [6.45, 7) is 2.80. The number of benzene rings is 1. The summed E-state index contributed by atoms with van der Waals surface area (Å²) in [6.07, 6.45) is 6.45. The van der Waals surface area contributed by atoms with Crippen molar-refractivity contribution >= 4 is 23.6 Å². The van der Waals surface area contributed by atoms with E-state index in [0.717, 1.165) is 24.8 Å². The number of hydrogen-bond donors (Lipinski definition) is 1. The highest BCUT2D eigenvalue weighted by atomic mass is 32.2. The van der Waals surface area contributed by atoms with Crippen LogP contribution < -0.4 is 5.32 Å². The first kappa shape index (κ1) is 19.8. The first-order valence-electron chi connectivity index (χ1n) is 9.97. The molecule has 7 heteroatoms. The molecule has 0 unspecified atom stereocenters. The molecule has 2 aromatic rings. The highest BCUT2D eigenvalue weighted by Crippen LogP contribution is 2.38. The maximum Gasteiger partial charge on any atom is 0.273 e. The fourth-order valence-electron chi connectivity index (χ4n) is 4.34. The quantitative estimate of drug-likeness (QED) is 0.737. The summed E-state index contributed by atoms with van der Waals surface area (Å²) in [6, 6.07) is 9.75. The Morgan fingerprint density at radius 3 is 2.83 bits per heavy atom. The molecule has 2 heterocycles. The van der Waals surface area contributed by atoms with E-state index in [-0.39, 0.29) is 29.6 Å². The summed E-state index contributed by atoms with van der Waals surface area (Å²) >= 11 is 1.50. The van der Waals surface area contributed by atoms with Gasteiger partial charge in [-0.3, -0.25) is 9.59 Å². The third-order valence-corrected chi connectivity index (χ3v) is 6.31. The van der Waals surface area contributed by atoms with E-state index in [1.165, 1.54) is 17.3 Å². The fourth-order valence-corrected chi connectivity index (χ4v) is 4.59. The van der Waals surface area contributed by atoms with Crippen molar-refractivity contribution in [3.8, 4) is 11.3 Å². The molecule has 1 saturated carbocycles. The van der Waals surface area contributed by atoms with Crippen LogP contribution in [-0.2, 0) is 11.2 Å². The second kappa shape index (κ2) is 8.45. The van der Waals surface area contributed by atoms with Crippen LogP contribution in [-0.4, -0.2) is 46.8 Å². The zero-order valence-corrected chi connectivity index (χ0v) is 17.4. The molecule has 4 rings (SSSR count). The highest BCUT2D eigenvalue weighted by molar-refractivity contribution is 8.01. The molecule has 1 aliphatic carbocycles. The molecule has 2 fully saturated rings. The lowest BCUT2D eigenvalue weighted by molar-refractivity contribution is -0.127. The van der Waals surface area contributed by atoms with Crippen molar-refractivity contribution in [3.05, 3.63) is 53.1 Å². The van der Waals surface area contributed by atoms with Gasteiger partial charge in [0.25, 0.3) is 5.91 Å². The lowest BCUT2D eigenvalue weighted by Crippen LogP contribution is -2.45. The van der Waals surface area contributed by atoms with Crippen LogP contribution in [0.3, 0.4) is 0 Å². The van der Waals surface area contributed by atoms with Gasteiger partial charge in [0, 0.05) is 24.3 Å². The lowest BCUT2D eigenvalue weighted by atomic mass is 10.1. The summed E-state index contributed by atoms with van der Waals surface area (Å²) < 4.78 is 5.40. The molecule has 0 radical (unpaired) electrons. The first-order chi connectivity index (χ1) is 14.1. The zero-order valence-electron chi connectivity index (χ0n) is 16.6. The molecular formula is C22H25N3O3S. The van der Waals surface area contributed by atoms with Crippen LogP contribution in [0.5, 0.6) is 0 Å². The Morgan fingerprint density at radius 2 is 2.10 bits per heavy atom. The number of piperidine rings is 1. The number of amides is 2. The molecule has 1 aromatic carbocycles. The Morgan fingerprint density at radius 1 is 1.31 bits per heavy atom. The first-order valence-corrected chi connectivity index (χ1v) is 11.3. The second-order valence-corrected chi connectivity index (χ2v) is 8.30. The van der Waals surface area contributed by atoms with E-state index in [1.54, 1.807) is 17.6 Å². The third kappa shape index (κ3) is 3.96. The molecule has 2 bridgehead atoms. The summed E-state index contributed by atoms with van der Waals surface area (Å²) in [4.78, 5) is 27.0. The van der Waals surface area contributed by atoms with Gasteiger partial charge in [-0.2, -0.15) is 0 Å². The highest BCUT2D eigenvalue weighted by Gasteiger charge is 2.49. The Balaban J connectivity index is 1.43. The summed E-state index contributed by atoms with van der Waals surface area (Å²) in [5, 5.41) is 8.85. The predicted octanol–water partition coefficient (Wildman–Crippen LogP) is 3.50. The zero-order chi connectivity index (χ0) is 20.4. The Bertz CT molecular complexity index is 922. The molecule has 3 atom stereocenters. The molecule has 6 nitrogen and oxygen atoms in total. The topological polar surface area (TPSA) is 75.4 Å². The van der Waals surface area contributed by atoms with Crippen LogP contribution in [0.1, 0.15) is 35.8 Å². The molecule has 2 aliphatic rings. The number of aryl methyl sites for hydroxylation is 1. The van der Waals surface area contributed by atoms with Crippen LogP contribution in [0.4, 0.5) is 0 Å². The van der Waals surface area contributed by atoms with Gasteiger partial charge in [0.1, 0.15) is 0 Å². The van der Waals surface area contributed by atoms with E-state index in [4.69, 9.17) is 4.52 Å². The van der Waals surface area contributed by atoms with Gasteiger partial charge in [-0.05, 0) is 42.4 Å². The Kier molecular flexibility index (Phi) is 5.76. The number of fused-ring (bicyclic) bond motifs is 2. The van der Waals surface area contributed by atoms with Gasteiger partial charge >= 0.3 is 0 Å². The Labute approximate surface area is 174 Å². The van der Waals surface area contributed by atoms with E-state index in [0.29, 0.717) is 18.2 Å². The molecule has 152 valence electrons. The van der Waals surface area contributed by atoms with Gasteiger partial charge < -0.3 is 14.7 Å². The number of likely N-dealkylation sites (tertiary alicyclic amines) is 1. The van der Waals surface area contributed by atoms with Crippen LogP contribution in [0.2, 0.25) is 0 Å². The van der Waals surface area contributed by atoms with Crippen molar-refractivity contribution in [1.29, 1.82) is 0 Å². The van der Waals surface area contributed by atoms with Crippen molar-refractivity contribution in [2.75, 3.05) is 12.8 Å². The minimum Gasteiger partial charge on any atom is -0.355 e. The van der Waals surface area contributed by atoms with Crippen molar-refractivity contribution in [3.63, 3.8) is 0 Å². The normalized spacial score (nSPS) is 23.1. The summed E-state index contributed by atoms with van der Waals surface area (Å²) in [7, 11) is 0. The number of rotatable bonds is 6. The minimum absolute atomic E-state index is 0.0186. The predicted molar refractivity (Wildman–Crippen MR) is 113 cm³/mol. The number of nitrogens with one attached hydrogen (secondary N) is 1. The summed E-state index contributed by atoms with van der Waals surface area (Å²) in [5.74, 6) is 0.640. The van der Waals surface area contributed by atoms with Crippen LogP contribution in [0, 0.1) is 5.92 Å². The monoisotopic (exact) mass is 411 g/mol. The van der Waals surface area contributed by atoms with Crippen LogP contribution in [0.15, 0.2) is 46.3 Å². The average molecular weight is 412 g/mol. The van der Waals surface area contributed by atoms with E-state index in [2.05, 4.69) is 17.4 Å². The standard InChI is InChI=1S/C22H25N3O3S/c1-3-14-4-6-15(7-5-14)19-12-17(24-28-19)22(27)23-21-16-8-9-18(21)25(13-16)20(26)10-11-29-2/h4-7,10-12,16,18,21H,3,8-9,13H2,1-2H3,(H,23,27)/b11-10+/t16-,18-,21-/m1/s1. The molecule has 1 aliphatic heterocycles. The molecule has 1 saturated heterocycles. The van der Waals surface area contributed by atoms with E-state index >= 15 is 0 Å². The lowest BCUT2D eigenvalue weighted by Gasteiger charge is -2.26. The number of thioether (sulfide) groups is 1. The molecule has 1 aromatic heterocycles. The van der Waals surface area contributed by atoms with Crippen molar-refractivity contribution in [2.24, 2.45) is 5.92 Å².